The molecule has 3 nitrogen and oxygen atoms in total. The zero-order valence-corrected chi connectivity index (χ0v) is 12.5. The van der Waals surface area contributed by atoms with Gasteiger partial charge in [-0.1, -0.05) is 24.3 Å². The van der Waals surface area contributed by atoms with Crippen molar-refractivity contribution in [3.8, 4) is 0 Å². The Bertz CT molecular complexity index is 692. The van der Waals surface area contributed by atoms with Crippen molar-refractivity contribution >= 4 is 17.3 Å². The summed E-state index contributed by atoms with van der Waals surface area (Å²) >= 11 is 0. The molecule has 0 saturated carbocycles. The molecular weight excluding hydrogens is 260 g/mol. The van der Waals surface area contributed by atoms with Crippen molar-refractivity contribution in [3.63, 3.8) is 0 Å². The number of anilines is 2. The number of carbonyl (C=O) groups excluding carboxylic acids is 1. The van der Waals surface area contributed by atoms with E-state index in [4.69, 9.17) is 0 Å². The third kappa shape index (κ3) is 2.77. The van der Waals surface area contributed by atoms with Crippen LogP contribution in [-0.4, -0.2) is 12.5 Å². The van der Waals surface area contributed by atoms with Gasteiger partial charge in [0.2, 0.25) is 5.91 Å². The molecule has 3 heteroatoms. The van der Waals surface area contributed by atoms with Crippen molar-refractivity contribution < 1.29 is 4.79 Å². The van der Waals surface area contributed by atoms with Crippen molar-refractivity contribution in [2.45, 2.75) is 26.7 Å². The van der Waals surface area contributed by atoms with E-state index in [0.29, 0.717) is 6.42 Å². The molecule has 2 N–H and O–H groups in total. The Kier molecular flexibility index (Phi) is 3.65. The van der Waals surface area contributed by atoms with Crippen LogP contribution in [0.15, 0.2) is 36.4 Å². The van der Waals surface area contributed by atoms with Gasteiger partial charge in [0.25, 0.3) is 0 Å². The fourth-order valence-corrected chi connectivity index (χ4v) is 2.93. The summed E-state index contributed by atoms with van der Waals surface area (Å²) in [4.78, 5) is 10.9. The highest BCUT2D eigenvalue weighted by atomic mass is 16.1. The van der Waals surface area contributed by atoms with E-state index in [1.54, 1.807) is 0 Å². The molecule has 0 aromatic heterocycles. The van der Waals surface area contributed by atoms with Crippen LogP contribution in [0.1, 0.15) is 22.3 Å². The van der Waals surface area contributed by atoms with E-state index < -0.39 is 0 Å². The number of benzene rings is 2. The molecule has 2 aromatic carbocycles. The molecule has 0 unspecified atom stereocenters. The Morgan fingerprint density at radius 1 is 0.905 bits per heavy atom. The van der Waals surface area contributed by atoms with E-state index in [0.717, 1.165) is 17.8 Å². The molecule has 2 heterocycles. The smallest absolute Gasteiger partial charge is 0.228 e. The first-order chi connectivity index (χ1) is 10.1. The largest absolute Gasteiger partial charge is 0.384 e. The maximum atomic E-state index is 10.9. The number of nitrogens with one attached hydrogen (secondary N) is 2. The molecule has 0 spiro atoms. The lowest BCUT2D eigenvalue weighted by Gasteiger charge is -2.00. The summed E-state index contributed by atoms with van der Waals surface area (Å²) in [5.74, 6) is 0.106. The summed E-state index contributed by atoms with van der Waals surface area (Å²) in [5, 5.41) is 6.14. The number of rotatable bonds is 0. The molecule has 4 rings (SSSR count). The van der Waals surface area contributed by atoms with Crippen LogP contribution in [0.2, 0.25) is 0 Å². The Labute approximate surface area is 125 Å². The second-order valence-electron chi connectivity index (χ2n) is 5.60. The van der Waals surface area contributed by atoms with Crippen molar-refractivity contribution in [1.29, 1.82) is 0 Å². The Morgan fingerprint density at radius 3 is 2.24 bits per heavy atom. The van der Waals surface area contributed by atoms with Crippen LogP contribution in [0.5, 0.6) is 0 Å². The Balaban J connectivity index is 0.000000126. The van der Waals surface area contributed by atoms with Gasteiger partial charge in [-0.25, -0.2) is 0 Å². The fraction of sp³-hybridized carbons (Fsp3) is 0.278. The van der Waals surface area contributed by atoms with Gasteiger partial charge in [-0.3, -0.25) is 4.79 Å². The quantitative estimate of drug-likeness (QED) is 0.776. The summed E-state index contributed by atoms with van der Waals surface area (Å²) < 4.78 is 0. The lowest BCUT2D eigenvalue weighted by molar-refractivity contribution is -0.115. The SMILES string of the molecule is Cc1cccc2c1CC(=O)N2.Cc1cccc2c1CCN2. The molecule has 0 aliphatic carbocycles. The van der Waals surface area contributed by atoms with E-state index in [1.807, 2.05) is 25.1 Å². The third-order valence-corrected chi connectivity index (χ3v) is 4.12. The van der Waals surface area contributed by atoms with E-state index >= 15 is 0 Å². The first-order valence-electron chi connectivity index (χ1n) is 7.36. The van der Waals surface area contributed by atoms with Crippen LogP contribution in [-0.2, 0) is 17.6 Å². The van der Waals surface area contributed by atoms with Gasteiger partial charge in [0.1, 0.15) is 0 Å². The standard InChI is InChI=1S/C9H9NO.C9H11N/c1-6-3-2-4-8-7(6)5-9(11)10-8;1-7-3-2-4-9-8(7)5-6-10-9/h2-4H,5H2,1H3,(H,10,11);2-4,10H,5-6H2,1H3. The summed E-state index contributed by atoms with van der Waals surface area (Å²) in [6.07, 6.45) is 1.74. The van der Waals surface area contributed by atoms with Crippen LogP contribution >= 0.6 is 0 Å². The number of aryl methyl sites for hydroxylation is 2. The Morgan fingerprint density at radius 2 is 1.57 bits per heavy atom. The summed E-state index contributed by atoms with van der Waals surface area (Å²) in [6, 6.07) is 12.3. The van der Waals surface area contributed by atoms with Gasteiger partial charge in [-0.2, -0.15) is 0 Å². The molecule has 108 valence electrons. The predicted molar refractivity (Wildman–Crippen MR) is 86.9 cm³/mol. The minimum atomic E-state index is 0.106. The maximum absolute atomic E-state index is 10.9. The lowest BCUT2D eigenvalue weighted by Crippen LogP contribution is -2.03. The van der Waals surface area contributed by atoms with E-state index in [1.165, 1.54) is 28.8 Å². The van der Waals surface area contributed by atoms with Gasteiger partial charge < -0.3 is 10.6 Å². The van der Waals surface area contributed by atoms with Gasteiger partial charge in [-0.15, -0.1) is 0 Å². The molecule has 2 aliphatic rings. The van der Waals surface area contributed by atoms with Crippen LogP contribution in [0.3, 0.4) is 0 Å². The summed E-state index contributed by atoms with van der Waals surface area (Å²) in [7, 11) is 0. The lowest BCUT2D eigenvalue weighted by atomic mass is 10.1. The monoisotopic (exact) mass is 280 g/mol. The maximum Gasteiger partial charge on any atom is 0.228 e. The molecule has 2 aliphatic heterocycles. The third-order valence-electron chi connectivity index (χ3n) is 4.12. The summed E-state index contributed by atoms with van der Waals surface area (Å²) in [5.41, 5.74) is 7.58. The van der Waals surface area contributed by atoms with Gasteiger partial charge in [0.05, 0.1) is 6.42 Å². The number of fused-ring (bicyclic) bond motifs is 2. The highest BCUT2D eigenvalue weighted by molar-refractivity contribution is 5.99. The van der Waals surface area contributed by atoms with Gasteiger partial charge in [0, 0.05) is 17.9 Å². The Hall–Kier alpha value is -2.29. The van der Waals surface area contributed by atoms with Gasteiger partial charge in [0.15, 0.2) is 0 Å². The second kappa shape index (κ2) is 5.60. The minimum Gasteiger partial charge on any atom is -0.384 e. The van der Waals surface area contributed by atoms with Crippen molar-refractivity contribution in [1.82, 2.24) is 0 Å². The predicted octanol–water partition coefficient (Wildman–Crippen LogP) is 3.45. The van der Waals surface area contributed by atoms with Crippen molar-refractivity contribution in [2.75, 3.05) is 17.2 Å². The number of hydrogen-bond acceptors (Lipinski definition) is 2. The number of hydrogen-bond donors (Lipinski definition) is 2. The molecule has 0 radical (unpaired) electrons. The molecule has 0 bridgehead atoms. The topological polar surface area (TPSA) is 41.1 Å². The number of amides is 1. The second-order valence-corrected chi connectivity index (χ2v) is 5.60. The van der Waals surface area contributed by atoms with Crippen molar-refractivity contribution in [2.24, 2.45) is 0 Å². The van der Waals surface area contributed by atoms with E-state index in [-0.39, 0.29) is 5.91 Å². The van der Waals surface area contributed by atoms with Gasteiger partial charge in [-0.05, 0) is 54.7 Å². The zero-order chi connectivity index (χ0) is 14.8. The highest BCUT2D eigenvalue weighted by Crippen LogP contribution is 2.25. The molecule has 2 aromatic rings. The normalized spacial score (nSPS) is 14.5. The first kappa shape index (κ1) is 13.7. The average Bonchev–Trinajstić information content (AvgIpc) is 3.06. The van der Waals surface area contributed by atoms with Gasteiger partial charge >= 0.3 is 0 Å². The van der Waals surface area contributed by atoms with Crippen LogP contribution in [0.4, 0.5) is 11.4 Å². The molecule has 0 saturated heterocycles. The van der Waals surface area contributed by atoms with E-state index in [2.05, 4.69) is 35.8 Å². The highest BCUT2D eigenvalue weighted by Gasteiger charge is 2.17. The molecule has 1 amide bonds. The average molecular weight is 280 g/mol. The molecular formula is C18H20N2O. The fourth-order valence-electron chi connectivity index (χ4n) is 2.93. The zero-order valence-electron chi connectivity index (χ0n) is 12.5. The molecule has 21 heavy (non-hydrogen) atoms. The molecule has 0 atom stereocenters. The van der Waals surface area contributed by atoms with Crippen LogP contribution in [0.25, 0.3) is 0 Å². The van der Waals surface area contributed by atoms with Crippen molar-refractivity contribution in [3.05, 3.63) is 58.7 Å². The molecule has 0 fully saturated rings. The summed E-state index contributed by atoms with van der Waals surface area (Å²) in [6.45, 7) is 5.31. The first-order valence-corrected chi connectivity index (χ1v) is 7.36. The van der Waals surface area contributed by atoms with Crippen LogP contribution < -0.4 is 10.6 Å². The van der Waals surface area contributed by atoms with Crippen LogP contribution in [0, 0.1) is 13.8 Å². The minimum absolute atomic E-state index is 0.106. The number of carbonyl (C=O) groups is 1. The van der Waals surface area contributed by atoms with E-state index in [9.17, 15) is 4.79 Å².